The molecule has 0 saturated carbocycles. The van der Waals surface area contributed by atoms with Gasteiger partial charge in [0.2, 0.25) is 6.79 Å². The molecule has 0 aliphatic carbocycles. The second-order valence-electron chi connectivity index (χ2n) is 3.80. The number of hydrogen-bond acceptors (Lipinski definition) is 4. The fraction of sp³-hybridized carbons (Fsp3) is 0.500. The molecule has 0 aromatic heterocycles. The van der Waals surface area contributed by atoms with E-state index >= 15 is 0 Å². The predicted molar refractivity (Wildman–Crippen MR) is 64.3 cm³/mol. The SMILES string of the molecule is CCNCCNc1cc2c(cc1C)OCO2. The molecule has 1 aromatic carbocycles. The molecular formula is C12H18N2O2. The van der Waals surface area contributed by atoms with Crippen LogP contribution in [-0.4, -0.2) is 26.4 Å². The van der Waals surface area contributed by atoms with Crippen LogP contribution in [0.3, 0.4) is 0 Å². The molecule has 0 spiro atoms. The number of rotatable bonds is 5. The van der Waals surface area contributed by atoms with Crippen LogP contribution in [0, 0.1) is 6.92 Å². The summed E-state index contributed by atoms with van der Waals surface area (Å²) in [6.07, 6.45) is 0. The van der Waals surface area contributed by atoms with Gasteiger partial charge in [-0.1, -0.05) is 6.92 Å². The van der Waals surface area contributed by atoms with Gasteiger partial charge in [-0.3, -0.25) is 0 Å². The van der Waals surface area contributed by atoms with Crippen molar-refractivity contribution in [2.24, 2.45) is 0 Å². The number of benzene rings is 1. The first kappa shape index (κ1) is 11.1. The largest absolute Gasteiger partial charge is 0.454 e. The maximum atomic E-state index is 5.34. The molecule has 1 aliphatic heterocycles. The van der Waals surface area contributed by atoms with Crippen LogP contribution in [-0.2, 0) is 0 Å². The van der Waals surface area contributed by atoms with Crippen LogP contribution in [0.15, 0.2) is 12.1 Å². The lowest BCUT2D eigenvalue weighted by Crippen LogP contribution is -2.21. The summed E-state index contributed by atoms with van der Waals surface area (Å²) in [6.45, 7) is 7.37. The first-order chi connectivity index (χ1) is 7.81. The summed E-state index contributed by atoms with van der Waals surface area (Å²) in [7, 11) is 0. The second kappa shape index (κ2) is 5.07. The third-order valence-electron chi connectivity index (χ3n) is 2.59. The van der Waals surface area contributed by atoms with Crippen LogP contribution < -0.4 is 20.1 Å². The molecular weight excluding hydrogens is 204 g/mol. The van der Waals surface area contributed by atoms with Gasteiger partial charge in [0.05, 0.1) is 0 Å². The minimum atomic E-state index is 0.329. The van der Waals surface area contributed by atoms with E-state index in [1.54, 1.807) is 0 Å². The van der Waals surface area contributed by atoms with Crippen molar-refractivity contribution in [1.82, 2.24) is 5.32 Å². The Balaban J connectivity index is 1.98. The van der Waals surface area contributed by atoms with E-state index in [1.807, 2.05) is 12.1 Å². The molecule has 1 aliphatic rings. The van der Waals surface area contributed by atoms with E-state index in [0.29, 0.717) is 6.79 Å². The molecule has 4 nitrogen and oxygen atoms in total. The Labute approximate surface area is 95.9 Å². The van der Waals surface area contributed by atoms with Crippen molar-refractivity contribution in [2.45, 2.75) is 13.8 Å². The molecule has 0 amide bonds. The summed E-state index contributed by atoms with van der Waals surface area (Å²) in [5, 5.41) is 6.65. The maximum absolute atomic E-state index is 5.34. The van der Waals surface area contributed by atoms with E-state index < -0.39 is 0 Å². The summed E-state index contributed by atoms with van der Waals surface area (Å²) in [5.74, 6) is 1.67. The van der Waals surface area contributed by atoms with E-state index in [9.17, 15) is 0 Å². The van der Waals surface area contributed by atoms with Gasteiger partial charge >= 0.3 is 0 Å². The van der Waals surface area contributed by atoms with Crippen molar-refractivity contribution in [3.05, 3.63) is 17.7 Å². The summed E-state index contributed by atoms with van der Waals surface area (Å²) < 4.78 is 10.7. The average Bonchev–Trinajstić information content (AvgIpc) is 2.71. The Morgan fingerprint density at radius 1 is 1.19 bits per heavy atom. The summed E-state index contributed by atoms with van der Waals surface area (Å²) in [5.41, 5.74) is 2.29. The van der Waals surface area contributed by atoms with Gasteiger partial charge in [0, 0.05) is 24.8 Å². The monoisotopic (exact) mass is 222 g/mol. The third-order valence-corrected chi connectivity index (χ3v) is 2.59. The van der Waals surface area contributed by atoms with Gasteiger partial charge in [-0.05, 0) is 25.1 Å². The minimum Gasteiger partial charge on any atom is -0.454 e. The average molecular weight is 222 g/mol. The molecule has 0 unspecified atom stereocenters. The fourth-order valence-corrected chi connectivity index (χ4v) is 1.70. The normalized spacial score (nSPS) is 12.9. The van der Waals surface area contributed by atoms with E-state index in [4.69, 9.17) is 9.47 Å². The molecule has 2 rings (SSSR count). The predicted octanol–water partition coefficient (Wildman–Crippen LogP) is 1.75. The van der Waals surface area contributed by atoms with E-state index in [0.717, 1.165) is 36.8 Å². The molecule has 0 bridgehead atoms. The number of anilines is 1. The fourth-order valence-electron chi connectivity index (χ4n) is 1.70. The maximum Gasteiger partial charge on any atom is 0.231 e. The van der Waals surface area contributed by atoms with Crippen molar-refractivity contribution >= 4 is 5.69 Å². The van der Waals surface area contributed by atoms with Crippen LogP contribution in [0.2, 0.25) is 0 Å². The number of aryl methyl sites for hydroxylation is 1. The highest BCUT2D eigenvalue weighted by Crippen LogP contribution is 2.36. The topological polar surface area (TPSA) is 42.5 Å². The van der Waals surface area contributed by atoms with Gasteiger partial charge in [-0.2, -0.15) is 0 Å². The molecule has 0 atom stereocenters. The molecule has 0 radical (unpaired) electrons. The van der Waals surface area contributed by atoms with E-state index in [2.05, 4.69) is 24.5 Å². The van der Waals surface area contributed by atoms with Crippen molar-refractivity contribution in [1.29, 1.82) is 0 Å². The van der Waals surface area contributed by atoms with E-state index in [-0.39, 0.29) is 0 Å². The van der Waals surface area contributed by atoms with Gasteiger partial charge in [0.15, 0.2) is 11.5 Å². The van der Waals surface area contributed by atoms with Gasteiger partial charge in [-0.15, -0.1) is 0 Å². The zero-order valence-electron chi connectivity index (χ0n) is 9.80. The highest BCUT2D eigenvalue weighted by Gasteiger charge is 2.15. The number of likely N-dealkylation sites (N-methyl/N-ethyl adjacent to an activating group) is 1. The van der Waals surface area contributed by atoms with Crippen LogP contribution >= 0.6 is 0 Å². The van der Waals surface area contributed by atoms with Gasteiger partial charge in [0.1, 0.15) is 0 Å². The molecule has 4 heteroatoms. The standard InChI is InChI=1S/C12H18N2O2/c1-3-13-4-5-14-10-7-12-11(6-9(10)2)15-8-16-12/h6-7,13-14H,3-5,8H2,1-2H3. The molecule has 1 aromatic rings. The molecule has 16 heavy (non-hydrogen) atoms. The number of hydrogen-bond donors (Lipinski definition) is 2. The van der Waals surface area contributed by atoms with Gasteiger partial charge in [-0.25, -0.2) is 0 Å². The van der Waals surface area contributed by atoms with Gasteiger partial charge < -0.3 is 20.1 Å². The first-order valence-electron chi connectivity index (χ1n) is 5.66. The highest BCUT2D eigenvalue weighted by molar-refractivity contribution is 5.60. The van der Waals surface area contributed by atoms with Gasteiger partial charge in [0.25, 0.3) is 0 Å². The Hall–Kier alpha value is -1.42. The lowest BCUT2D eigenvalue weighted by molar-refractivity contribution is 0.174. The first-order valence-corrected chi connectivity index (χ1v) is 5.66. The lowest BCUT2D eigenvalue weighted by atomic mass is 10.2. The second-order valence-corrected chi connectivity index (χ2v) is 3.80. The zero-order chi connectivity index (χ0) is 11.4. The summed E-state index contributed by atoms with van der Waals surface area (Å²) in [4.78, 5) is 0. The molecule has 1 heterocycles. The Kier molecular flexibility index (Phi) is 3.51. The highest BCUT2D eigenvalue weighted by atomic mass is 16.7. The third kappa shape index (κ3) is 2.39. The molecule has 88 valence electrons. The van der Waals surface area contributed by atoms with Crippen LogP contribution in [0.5, 0.6) is 11.5 Å². The number of ether oxygens (including phenoxy) is 2. The number of nitrogens with one attached hydrogen (secondary N) is 2. The van der Waals surface area contributed by atoms with Crippen LogP contribution in [0.4, 0.5) is 5.69 Å². The smallest absolute Gasteiger partial charge is 0.231 e. The van der Waals surface area contributed by atoms with Crippen molar-refractivity contribution in [3.8, 4) is 11.5 Å². The zero-order valence-corrected chi connectivity index (χ0v) is 9.80. The minimum absolute atomic E-state index is 0.329. The quantitative estimate of drug-likeness (QED) is 0.745. The Morgan fingerprint density at radius 3 is 2.69 bits per heavy atom. The summed E-state index contributed by atoms with van der Waals surface area (Å²) >= 11 is 0. The number of fused-ring (bicyclic) bond motifs is 1. The van der Waals surface area contributed by atoms with Crippen LogP contribution in [0.1, 0.15) is 12.5 Å². The molecule has 2 N–H and O–H groups in total. The molecule has 0 fully saturated rings. The molecule has 0 saturated heterocycles. The van der Waals surface area contributed by atoms with Crippen molar-refractivity contribution in [3.63, 3.8) is 0 Å². The van der Waals surface area contributed by atoms with Crippen molar-refractivity contribution < 1.29 is 9.47 Å². The van der Waals surface area contributed by atoms with Crippen molar-refractivity contribution in [2.75, 3.05) is 31.7 Å². The Morgan fingerprint density at radius 2 is 1.94 bits per heavy atom. The lowest BCUT2D eigenvalue weighted by Gasteiger charge is -2.10. The van der Waals surface area contributed by atoms with Crippen LogP contribution in [0.25, 0.3) is 0 Å². The van der Waals surface area contributed by atoms with E-state index in [1.165, 1.54) is 5.56 Å². The Bertz CT molecular complexity index is 366. The summed E-state index contributed by atoms with van der Waals surface area (Å²) in [6, 6.07) is 4.02.